The molecule has 8 nitrogen and oxygen atoms in total. The van der Waals surface area contributed by atoms with Crippen molar-refractivity contribution in [2.45, 2.75) is 13.0 Å². The number of fused-ring (bicyclic) bond motifs is 1. The molecule has 1 amide bonds. The number of hydrogen-bond donors (Lipinski definition) is 2. The fourth-order valence-electron chi connectivity index (χ4n) is 2.60. The number of ketones is 1. The van der Waals surface area contributed by atoms with Crippen LogP contribution in [-0.4, -0.2) is 42.5 Å². The van der Waals surface area contributed by atoms with Crippen LogP contribution in [0.4, 0.5) is 0 Å². The molecule has 0 aliphatic carbocycles. The standard InChI is InChI=1S/C21H19NO7/c1-12(21(25)26)22-19(23)11-28-15-7-8-16-17(10-15)29-18(20(16)24)9-13-3-5-14(27-2)6-4-13/h3-10,12H,11H2,1-2H3,(H,22,23)(H,25,26)/t12-/m0/s1. The number of carbonyl (C=O) groups is 3. The smallest absolute Gasteiger partial charge is 0.325 e. The molecule has 2 N–H and O–H groups in total. The van der Waals surface area contributed by atoms with Crippen LogP contribution < -0.4 is 19.5 Å². The number of ether oxygens (including phenoxy) is 3. The summed E-state index contributed by atoms with van der Waals surface area (Å²) in [7, 11) is 1.57. The van der Waals surface area contributed by atoms with Crippen molar-refractivity contribution in [2.24, 2.45) is 0 Å². The highest BCUT2D eigenvalue weighted by molar-refractivity contribution is 6.14. The van der Waals surface area contributed by atoms with Gasteiger partial charge in [-0.1, -0.05) is 12.1 Å². The number of benzene rings is 2. The van der Waals surface area contributed by atoms with E-state index in [1.165, 1.54) is 13.0 Å². The SMILES string of the molecule is COc1ccc(C=C2Oc3cc(OCC(=O)N[C@@H](C)C(=O)O)ccc3C2=O)cc1. The highest BCUT2D eigenvalue weighted by atomic mass is 16.5. The van der Waals surface area contributed by atoms with Gasteiger partial charge >= 0.3 is 5.97 Å². The van der Waals surface area contributed by atoms with Crippen LogP contribution in [0.5, 0.6) is 17.2 Å². The zero-order valence-corrected chi connectivity index (χ0v) is 15.8. The van der Waals surface area contributed by atoms with Crippen molar-refractivity contribution in [3.8, 4) is 17.2 Å². The number of Topliss-reactive ketones (excluding diaryl/α,β-unsaturated/α-hetero) is 1. The Morgan fingerprint density at radius 1 is 1.17 bits per heavy atom. The summed E-state index contributed by atoms with van der Waals surface area (Å²) in [6, 6.07) is 10.8. The second-order valence-electron chi connectivity index (χ2n) is 6.29. The molecule has 0 bridgehead atoms. The zero-order valence-electron chi connectivity index (χ0n) is 15.8. The number of aliphatic carboxylic acids is 1. The fraction of sp³-hybridized carbons (Fsp3) is 0.190. The van der Waals surface area contributed by atoms with Crippen molar-refractivity contribution in [2.75, 3.05) is 13.7 Å². The third-order valence-electron chi connectivity index (χ3n) is 4.17. The largest absolute Gasteiger partial charge is 0.497 e. The third-order valence-corrected chi connectivity index (χ3v) is 4.17. The second kappa shape index (κ2) is 8.47. The Labute approximate surface area is 166 Å². The minimum Gasteiger partial charge on any atom is -0.497 e. The van der Waals surface area contributed by atoms with Crippen molar-refractivity contribution < 1.29 is 33.7 Å². The van der Waals surface area contributed by atoms with E-state index in [1.807, 2.05) is 0 Å². The van der Waals surface area contributed by atoms with E-state index in [0.717, 1.165) is 5.56 Å². The van der Waals surface area contributed by atoms with Gasteiger partial charge in [0.15, 0.2) is 12.4 Å². The molecule has 1 aliphatic heterocycles. The predicted molar refractivity (Wildman–Crippen MR) is 103 cm³/mol. The van der Waals surface area contributed by atoms with Crippen molar-refractivity contribution in [1.82, 2.24) is 5.32 Å². The quantitative estimate of drug-likeness (QED) is 0.690. The van der Waals surface area contributed by atoms with Crippen LogP contribution in [0.1, 0.15) is 22.8 Å². The summed E-state index contributed by atoms with van der Waals surface area (Å²) in [5.41, 5.74) is 1.17. The Morgan fingerprint density at radius 3 is 2.52 bits per heavy atom. The maximum atomic E-state index is 12.5. The van der Waals surface area contributed by atoms with Crippen LogP contribution in [0.3, 0.4) is 0 Å². The molecular formula is C21H19NO7. The minimum absolute atomic E-state index is 0.176. The summed E-state index contributed by atoms with van der Waals surface area (Å²) in [6.07, 6.45) is 1.63. The van der Waals surface area contributed by atoms with Crippen LogP contribution in [0.25, 0.3) is 6.08 Å². The van der Waals surface area contributed by atoms with Gasteiger partial charge in [0, 0.05) is 6.07 Å². The summed E-state index contributed by atoms with van der Waals surface area (Å²) in [5.74, 6) is -0.438. The van der Waals surface area contributed by atoms with Gasteiger partial charge in [-0.2, -0.15) is 0 Å². The number of carbonyl (C=O) groups excluding carboxylic acids is 2. The van der Waals surface area contributed by atoms with Gasteiger partial charge < -0.3 is 24.6 Å². The first-order chi connectivity index (χ1) is 13.9. The van der Waals surface area contributed by atoms with Gasteiger partial charge in [0.2, 0.25) is 5.78 Å². The summed E-state index contributed by atoms with van der Waals surface area (Å²) in [4.78, 5) is 35.0. The van der Waals surface area contributed by atoms with E-state index in [9.17, 15) is 14.4 Å². The number of nitrogens with one attached hydrogen (secondary N) is 1. The Balaban J connectivity index is 1.66. The van der Waals surface area contributed by atoms with Crippen LogP contribution in [0, 0.1) is 0 Å². The van der Waals surface area contributed by atoms with Gasteiger partial charge in [-0.05, 0) is 42.8 Å². The monoisotopic (exact) mass is 397 g/mol. The number of methoxy groups -OCH3 is 1. The number of amides is 1. The Bertz CT molecular complexity index is 979. The van der Waals surface area contributed by atoms with Crippen molar-refractivity contribution in [3.63, 3.8) is 0 Å². The van der Waals surface area contributed by atoms with Crippen molar-refractivity contribution in [3.05, 3.63) is 59.4 Å². The summed E-state index contributed by atoms with van der Waals surface area (Å²) in [5, 5.41) is 11.1. The summed E-state index contributed by atoms with van der Waals surface area (Å²) < 4.78 is 16.1. The van der Waals surface area contributed by atoms with Gasteiger partial charge in [0.1, 0.15) is 23.3 Å². The molecule has 3 rings (SSSR count). The average Bonchev–Trinajstić information content (AvgIpc) is 3.01. The van der Waals surface area contributed by atoms with E-state index in [-0.39, 0.29) is 18.1 Å². The first-order valence-corrected chi connectivity index (χ1v) is 8.74. The molecule has 0 saturated heterocycles. The molecule has 29 heavy (non-hydrogen) atoms. The number of carboxylic acid groups (broad SMARTS) is 1. The lowest BCUT2D eigenvalue weighted by Crippen LogP contribution is -2.40. The van der Waals surface area contributed by atoms with Gasteiger partial charge in [0.05, 0.1) is 12.7 Å². The van der Waals surface area contributed by atoms with Gasteiger partial charge in [0.25, 0.3) is 5.91 Å². The predicted octanol–water partition coefficient (Wildman–Crippen LogP) is 2.28. The maximum absolute atomic E-state index is 12.5. The normalized spacial score (nSPS) is 14.7. The van der Waals surface area contributed by atoms with E-state index in [0.29, 0.717) is 22.8 Å². The van der Waals surface area contributed by atoms with Gasteiger partial charge in [-0.3, -0.25) is 14.4 Å². The number of allylic oxidation sites excluding steroid dienone is 1. The number of rotatable bonds is 7. The molecule has 0 radical (unpaired) electrons. The highest BCUT2D eigenvalue weighted by Crippen LogP contribution is 2.35. The van der Waals surface area contributed by atoms with Crippen LogP contribution >= 0.6 is 0 Å². The first-order valence-electron chi connectivity index (χ1n) is 8.74. The zero-order chi connectivity index (χ0) is 21.0. The summed E-state index contributed by atoms with van der Waals surface area (Å²) in [6.45, 7) is 0.991. The van der Waals surface area contributed by atoms with E-state index in [2.05, 4.69) is 5.32 Å². The number of hydrogen-bond acceptors (Lipinski definition) is 6. The van der Waals surface area contributed by atoms with Gasteiger partial charge in [-0.15, -0.1) is 0 Å². The van der Waals surface area contributed by atoms with Crippen LogP contribution in [0.15, 0.2) is 48.2 Å². The van der Waals surface area contributed by atoms with Gasteiger partial charge in [-0.25, -0.2) is 0 Å². The molecule has 0 fully saturated rings. The number of carboxylic acids is 1. The Hall–Kier alpha value is -3.81. The molecule has 8 heteroatoms. The van der Waals surface area contributed by atoms with Crippen molar-refractivity contribution in [1.29, 1.82) is 0 Å². The van der Waals surface area contributed by atoms with E-state index >= 15 is 0 Å². The molecule has 0 saturated carbocycles. The lowest BCUT2D eigenvalue weighted by Gasteiger charge is -2.10. The summed E-state index contributed by atoms with van der Waals surface area (Å²) >= 11 is 0. The molecule has 1 atom stereocenters. The van der Waals surface area contributed by atoms with Crippen molar-refractivity contribution >= 4 is 23.7 Å². The maximum Gasteiger partial charge on any atom is 0.325 e. The lowest BCUT2D eigenvalue weighted by molar-refractivity contribution is -0.141. The molecule has 1 heterocycles. The first kappa shape index (κ1) is 19.9. The Kier molecular flexibility index (Phi) is 5.82. The molecule has 2 aromatic rings. The van der Waals surface area contributed by atoms with Crippen LogP contribution in [-0.2, 0) is 9.59 Å². The average molecular weight is 397 g/mol. The molecule has 0 spiro atoms. The molecule has 0 aromatic heterocycles. The van der Waals surface area contributed by atoms with E-state index in [1.54, 1.807) is 49.6 Å². The molecule has 2 aromatic carbocycles. The van der Waals surface area contributed by atoms with Crippen LogP contribution in [0.2, 0.25) is 0 Å². The fourth-order valence-corrected chi connectivity index (χ4v) is 2.60. The highest BCUT2D eigenvalue weighted by Gasteiger charge is 2.27. The Morgan fingerprint density at radius 2 is 1.86 bits per heavy atom. The minimum atomic E-state index is -1.14. The second-order valence-corrected chi connectivity index (χ2v) is 6.29. The topological polar surface area (TPSA) is 111 Å². The van der Waals surface area contributed by atoms with E-state index in [4.69, 9.17) is 19.3 Å². The third kappa shape index (κ3) is 4.73. The molecule has 1 aliphatic rings. The molecular weight excluding hydrogens is 378 g/mol. The van der Waals surface area contributed by atoms with E-state index < -0.39 is 17.9 Å². The molecule has 0 unspecified atom stereocenters. The lowest BCUT2D eigenvalue weighted by atomic mass is 10.1. The molecule has 150 valence electrons.